The van der Waals surface area contributed by atoms with Gasteiger partial charge in [0.25, 0.3) is 5.56 Å². The van der Waals surface area contributed by atoms with Crippen molar-refractivity contribution in [3.63, 3.8) is 0 Å². The average molecular weight is 658 g/mol. The van der Waals surface area contributed by atoms with Crippen molar-refractivity contribution in [2.75, 3.05) is 31.9 Å². The van der Waals surface area contributed by atoms with Gasteiger partial charge in [-0.1, -0.05) is 12.5 Å². The number of aryl methyl sites for hydroxylation is 2. The van der Waals surface area contributed by atoms with Gasteiger partial charge in [-0.25, -0.2) is 4.79 Å². The van der Waals surface area contributed by atoms with E-state index in [1.807, 2.05) is 11.1 Å². The molecule has 8 rings (SSSR count). The van der Waals surface area contributed by atoms with Crippen LogP contribution in [0.1, 0.15) is 86.0 Å². The molecule has 3 N–H and O–H groups in total. The Kier molecular flexibility index (Phi) is 8.54. The Morgan fingerprint density at radius 1 is 1.00 bits per heavy atom. The summed E-state index contributed by atoms with van der Waals surface area (Å²) in [4.78, 5) is 51.1. The number of likely N-dealkylation sites (tertiary alicyclic amines) is 2. The van der Waals surface area contributed by atoms with Crippen LogP contribution in [0.15, 0.2) is 34.2 Å². The number of nitrogens with one attached hydrogen (secondary N) is 3. The van der Waals surface area contributed by atoms with E-state index >= 15 is 0 Å². The van der Waals surface area contributed by atoms with E-state index in [1.165, 1.54) is 37.9 Å². The maximum absolute atomic E-state index is 14.6. The lowest BCUT2D eigenvalue weighted by Gasteiger charge is -2.45. The molecule has 2 bridgehead atoms. The summed E-state index contributed by atoms with van der Waals surface area (Å²) in [5.41, 5.74) is 5.21. The van der Waals surface area contributed by atoms with Gasteiger partial charge >= 0.3 is 6.03 Å². The normalized spacial score (nSPS) is 25.7. The smallest absolute Gasteiger partial charge is 0.318 e. The molecule has 3 amide bonds. The Labute approximate surface area is 280 Å². The zero-order chi connectivity index (χ0) is 32.1. The minimum atomic E-state index is -0.643. The first kappa shape index (κ1) is 31.0. The van der Waals surface area contributed by atoms with Crippen LogP contribution in [0.5, 0.6) is 0 Å². The minimum absolute atomic E-state index is 0.00952. The first-order chi connectivity index (χ1) is 22.9. The number of carbonyl (C=O) groups is 2. The second kappa shape index (κ2) is 13.0. The molecule has 1 aromatic carbocycles. The van der Waals surface area contributed by atoms with Gasteiger partial charge in [0.1, 0.15) is 6.04 Å². The minimum Gasteiger partial charge on any atom is -0.335 e. The molecule has 0 radical (unpaired) electrons. The number of piperidine rings is 3. The fourth-order valence-corrected chi connectivity index (χ4v) is 10.3. The highest BCUT2D eigenvalue weighted by atomic mass is 32.2. The number of benzene rings is 1. The van der Waals surface area contributed by atoms with E-state index in [9.17, 15) is 14.4 Å². The number of carbonyl (C=O) groups excluding carboxylic acids is 2. The van der Waals surface area contributed by atoms with Crippen molar-refractivity contribution in [1.82, 2.24) is 35.2 Å². The van der Waals surface area contributed by atoms with Crippen molar-refractivity contribution in [3.05, 3.63) is 57.0 Å². The lowest BCUT2D eigenvalue weighted by molar-refractivity contribution is -0.139. The van der Waals surface area contributed by atoms with Crippen molar-refractivity contribution in [2.24, 2.45) is 0 Å². The monoisotopic (exact) mass is 657 g/mol. The molecule has 10 nitrogen and oxygen atoms in total. The average Bonchev–Trinajstić information content (AvgIpc) is 3.81. The third-order valence-electron chi connectivity index (χ3n) is 11.7. The molecule has 3 atom stereocenters. The summed E-state index contributed by atoms with van der Waals surface area (Å²) in [5.74, 6) is 1.21. The van der Waals surface area contributed by atoms with Crippen LogP contribution in [0, 0.1) is 6.92 Å². The van der Waals surface area contributed by atoms with Gasteiger partial charge in [0, 0.05) is 54.3 Å². The molecule has 5 aliphatic rings. The van der Waals surface area contributed by atoms with E-state index in [-0.39, 0.29) is 35.5 Å². The van der Waals surface area contributed by atoms with Crippen LogP contribution >= 0.6 is 11.8 Å². The predicted molar refractivity (Wildman–Crippen MR) is 184 cm³/mol. The van der Waals surface area contributed by atoms with Crippen LogP contribution in [-0.4, -0.2) is 97.9 Å². The number of fused-ring (bicyclic) bond motifs is 4. The molecule has 11 heteroatoms. The van der Waals surface area contributed by atoms with Crippen molar-refractivity contribution < 1.29 is 9.59 Å². The number of urea groups is 1. The number of rotatable bonds is 6. The second-order valence-corrected chi connectivity index (χ2v) is 15.7. The fraction of sp³-hybridized carbons (Fsp3) is 0.611. The lowest BCUT2D eigenvalue weighted by Crippen LogP contribution is -2.59. The van der Waals surface area contributed by atoms with Crippen LogP contribution in [0.2, 0.25) is 0 Å². The van der Waals surface area contributed by atoms with Crippen LogP contribution in [-0.2, 0) is 17.6 Å². The van der Waals surface area contributed by atoms with Gasteiger partial charge in [0.15, 0.2) is 0 Å². The highest BCUT2D eigenvalue weighted by Crippen LogP contribution is 2.39. The molecular formula is C36H47N7O3S. The number of hydrogen-bond donors (Lipinski definition) is 3. The highest BCUT2D eigenvalue weighted by Gasteiger charge is 2.46. The Bertz CT molecular complexity index is 1690. The van der Waals surface area contributed by atoms with Crippen molar-refractivity contribution in [2.45, 2.75) is 113 Å². The van der Waals surface area contributed by atoms with Crippen LogP contribution in [0.3, 0.4) is 0 Å². The largest absolute Gasteiger partial charge is 0.335 e. The number of hydrogen-bond acceptors (Lipinski definition) is 6. The molecule has 3 aromatic rings. The van der Waals surface area contributed by atoms with Gasteiger partial charge in [-0.3, -0.25) is 14.7 Å². The summed E-state index contributed by atoms with van der Waals surface area (Å²) in [6.07, 6.45) is 12.8. The molecular weight excluding hydrogens is 611 g/mol. The molecule has 7 heterocycles. The van der Waals surface area contributed by atoms with Gasteiger partial charge < -0.3 is 25.0 Å². The molecule has 47 heavy (non-hydrogen) atoms. The Morgan fingerprint density at radius 3 is 2.53 bits per heavy atom. The highest BCUT2D eigenvalue weighted by molar-refractivity contribution is 7.99. The summed E-state index contributed by atoms with van der Waals surface area (Å²) in [5, 5.41) is 12.5. The number of thioether (sulfide) groups is 1. The zero-order valence-electron chi connectivity index (χ0n) is 27.4. The standard InChI is InChI=1S/C36H47N7O3S/c1-22-15-23(16-26-21-37-40-32(22)26)17-31(35(45)43-27-5-6-28(43)20-29(19-27)41-10-3-2-4-11-41)38-36(46)42-12-7-24(8-13-42)30-18-25-9-14-47-34(25)39-33(30)44/h15-16,18,21,24,27-29,31H,2-14,17,19-20H2,1H3,(H,37,40)(H,38,46)(H,39,44)/t27?,28?,29?,31-/m1/s1. The summed E-state index contributed by atoms with van der Waals surface area (Å²) in [6, 6.07) is 6.53. The molecule has 4 saturated heterocycles. The Morgan fingerprint density at radius 2 is 1.77 bits per heavy atom. The number of nitrogens with zero attached hydrogens (tertiary/aromatic N) is 4. The quantitative estimate of drug-likeness (QED) is 0.354. The Hall–Kier alpha value is -3.31. The molecule has 2 aromatic heterocycles. The third-order valence-corrected chi connectivity index (χ3v) is 12.7. The number of aromatic amines is 2. The number of aromatic nitrogens is 3. The van der Waals surface area contributed by atoms with Crippen molar-refractivity contribution in [3.8, 4) is 0 Å². The van der Waals surface area contributed by atoms with Gasteiger partial charge in [-0.15, -0.1) is 11.8 Å². The van der Waals surface area contributed by atoms with Crippen molar-refractivity contribution in [1.29, 1.82) is 0 Å². The summed E-state index contributed by atoms with van der Waals surface area (Å²) in [7, 11) is 0. The lowest BCUT2D eigenvalue weighted by atomic mass is 9.89. The SMILES string of the molecule is Cc1cc(C[C@@H](NC(=O)N2CCC(c3cc4c([nH]c3=O)SCC4)CC2)C(=O)N2C3CCC2CC(N2CCCCC2)C3)cc2cn[nH]c12. The zero-order valence-corrected chi connectivity index (χ0v) is 28.2. The predicted octanol–water partition coefficient (Wildman–Crippen LogP) is 4.72. The molecule has 0 aliphatic carbocycles. The van der Waals surface area contributed by atoms with E-state index in [2.05, 4.69) is 55.4 Å². The first-order valence-electron chi connectivity index (χ1n) is 17.8. The summed E-state index contributed by atoms with van der Waals surface area (Å²) in [6.45, 7) is 5.55. The maximum Gasteiger partial charge on any atom is 0.318 e. The van der Waals surface area contributed by atoms with Crippen LogP contribution in [0.4, 0.5) is 4.79 Å². The fourth-order valence-electron chi connectivity index (χ4n) is 9.22. The molecule has 250 valence electrons. The van der Waals surface area contributed by atoms with Gasteiger partial charge in [0.05, 0.1) is 16.7 Å². The molecule has 5 aliphatic heterocycles. The number of amides is 3. The van der Waals surface area contributed by atoms with Gasteiger partial charge in [-0.2, -0.15) is 5.10 Å². The topological polar surface area (TPSA) is 117 Å². The maximum atomic E-state index is 14.6. The van der Waals surface area contributed by atoms with E-state index in [1.54, 1.807) is 11.8 Å². The van der Waals surface area contributed by atoms with Crippen molar-refractivity contribution >= 4 is 34.6 Å². The molecule has 4 fully saturated rings. The molecule has 2 unspecified atom stereocenters. The number of H-pyrrole nitrogens is 2. The van der Waals surface area contributed by atoms with Gasteiger partial charge in [0.2, 0.25) is 5.91 Å². The summed E-state index contributed by atoms with van der Waals surface area (Å²) < 4.78 is 0. The van der Waals surface area contributed by atoms with E-state index < -0.39 is 6.04 Å². The Balaban J connectivity index is 0.983. The van der Waals surface area contributed by atoms with E-state index in [0.717, 1.165) is 83.3 Å². The first-order valence-corrected chi connectivity index (χ1v) is 18.8. The van der Waals surface area contributed by atoms with E-state index in [4.69, 9.17) is 0 Å². The number of pyridine rings is 1. The van der Waals surface area contributed by atoms with Gasteiger partial charge in [-0.05, 0) is 113 Å². The molecule has 0 spiro atoms. The van der Waals surface area contributed by atoms with Crippen LogP contribution < -0.4 is 10.9 Å². The molecule has 0 saturated carbocycles. The second-order valence-electron chi connectivity index (χ2n) is 14.6. The summed E-state index contributed by atoms with van der Waals surface area (Å²) >= 11 is 1.72. The van der Waals surface area contributed by atoms with E-state index in [0.29, 0.717) is 25.6 Å². The van der Waals surface area contributed by atoms with Crippen LogP contribution in [0.25, 0.3) is 10.9 Å². The third kappa shape index (κ3) is 6.09.